The summed E-state index contributed by atoms with van der Waals surface area (Å²) < 4.78 is 38.2. The number of aliphatic hydroxyl groups excluding tert-OH is 1. The van der Waals surface area contributed by atoms with Gasteiger partial charge in [-0.15, -0.1) is 0 Å². The number of nitrogens with zero attached hydrogens (tertiary/aromatic N) is 2. The molecule has 1 N–H and O–H groups in total. The van der Waals surface area contributed by atoms with Crippen molar-refractivity contribution in [2.24, 2.45) is 5.92 Å². The summed E-state index contributed by atoms with van der Waals surface area (Å²) in [5, 5.41) is 9.96. The molecule has 0 fully saturated rings. The molecule has 1 amide bonds. The van der Waals surface area contributed by atoms with E-state index in [1.54, 1.807) is 20.8 Å². The number of hydrogen-bond donors (Lipinski definition) is 1. The molecule has 0 aliphatic heterocycles. The quantitative estimate of drug-likeness (QED) is 0.820. The summed E-state index contributed by atoms with van der Waals surface area (Å²) in [4.78, 5) is 17.0. The van der Waals surface area contributed by atoms with E-state index in [9.17, 15) is 23.1 Å². The van der Waals surface area contributed by atoms with E-state index >= 15 is 0 Å². The molecule has 1 heterocycles. The van der Waals surface area contributed by atoms with Gasteiger partial charge >= 0.3 is 6.18 Å². The van der Waals surface area contributed by atoms with Crippen molar-refractivity contribution in [1.82, 2.24) is 4.98 Å². The monoisotopic (exact) mass is 334 g/mol. The third-order valence-electron chi connectivity index (χ3n) is 3.25. The fourth-order valence-electron chi connectivity index (χ4n) is 1.73. The predicted molar refractivity (Wildman–Crippen MR) is 83.8 cm³/mol. The Morgan fingerprint density at radius 2 is 1.87 bits per heavy atom. The van der Waals surface area contributed by atoms with Crippen LogP contribution in [0.3, 0.4) is 0 Å². The van der Waals surface area contributed by atoms with E-state index in [2.05, 4.69) is 4.98 Å². The van der Waals surface area contributed by atoms with E-state index in [1.165, 1.54) is 0 Å². The molecule has 1 aromatic heterocycles. The molecule has 0 radical (unpaired) electrons. The maximum absolute atomic E-state index is 12.7. The Balaban J connectivity index is 0.00000232. The van der Waals surface area contributed by atoms with Gasteiger partial charge in [0, 0.05) is 12.1 Å². The third-order valence-corrected chi connectivity index (χ3v) is 3.25. The van der Waals surface area contributed by atoms with Crippen LogP contribution in [0.15, 0.2) is 18.3 Å². The summed E-state index contributed by atoms with van der Waals surface area (Å²) in [6, 6.07) is 1.60. The van der Waals surface area contributed by atoms with Gasteiger partial charge in [-0.1, -0.05) is 34.6 Å². The van der Waals surface area contributed by atoms with E-state index in [0.717, 1.165) is 23.2 Å². The number of amides is 1. The van der Waals surface area contributed by atoms with Gasteiger partial charge in [-0.3, -0.25) is 9.69 Å². The first-order valence-electron chi connectivity index (χ1n) is 7.76. The normalized spacial score (nSPS) is 13.6. The number of carbonyl (C=O) groups excluding carboxylic acids is 1. The highest BCUT2D eigenvalue weighted by Crippen LogP contribution is 2.31. The third kappa shape index (κ3) is 5.82. The van der Waals surface area contributed by atoms with Crippen molar-refractivity contribution in [3.05, 3.63) is 23.9 Å². The number of hydrogen-bond acceptors (Lipinski definition) is 3. The minimum Gasteiger partial charge on any atom is -0.373 e. The number of aliphatic hydroxyl groups is 1. The predicted octanol–water partition coefficient (Wildman–Crippen LogP) is 4.23. The van der Waals surface area contributed by atoms with Crippen molar-refractivity contribution in [2.45, 2.75) is 59.9 Å². The standard InChI is InChI=1S/C14H19F3N2O2.C2H6/c1-4-9(3)13(21)19(12(20)5-2)11-8-10(6-7-18-11)14(15,16)17;1-2/h6-9,12,20H,4-5H2,1-3H3;1-2H3. The molecule has 7 heteroatoms. The van der Waals surface area contributed by atoms with Crippen LogP contribution in [0.4, 0.5) is 19.0 Å². The molecule has 1 rings (SSSR count). The van der Waals surface area contributed by atoms with Crippen molar-refractivity contribution >= 4 is 11.7 Å². The van der Waals surface area contributed by atoms with Gasteiger partial charge in [0.2, 0.25) is 5.91 Å². The van der Waals surface area contributed by atoms with E-state index in [-0.39, 0.29) is 12.2 Å². The molecule has 0 aromatic carbocycles. The van der Waals surface area contributed by atoms with Crippen molar-refractivity contribution in [2.75, 3.05) is 4.90 Å². The number of rotatable bonds is 5. The Hall–Kier alpha value is -1.63. The van der Waals surface area contributed by atoms with Crippen molar-refractivity contribution in [3.8, 4) is 0 Å². The van der Waals surface area contributed by atoms with Crippen LogP contribution in [0, 0.1) is 5.92 Å². The first-order valence-corrected chi connectivity index (χ1v) is 7.76. The van der Waals surface area contributed by atoms with Gasteiger partial charge < -0.3 is 5.11 Å². The van der Waals surface area contributed by atoms with Crippen LogP contribution in [0.25, 0.3) is 0 Å². The first-order chi connectivity index (χ1) is 10.7. The highest BCUT2D eigenvalue weighted by atomic mass is 19.4. The molecular formula is C16H25F3N2O2. The topological polar surface area (TPSA) is 53.4 Å². The Morgan fingerprint density at radius 3 is 2.30 bits per heavy atom. The van der Waals surface area contributed by atoms with E-state index in [0.29, 0.717) is 6.42 Å². The average Bonchev–Trinajstić information content (AvgIpc) is 2.55. The smallest absolute Gasteiger partial charge is 0.373 e. The second kappa shape index (κ2) is 9.50. The van der Waals surface area contributed by atoms with Gasteiger partial charge in [-0.05, 0) is 25.0 Å². The summed E-state index contributed by atoms with van der Waals surface area (Å²) in [6.45, 7) is 9.08. The lowest BCUT2D eigenvalue weighted by Gasteiger charge is -2.29. The molecule has 0 saturated heterocycles. The highest BCUT2D eigenvalue weighted by Gasteiger charge is 2.33. The van der Waals surface area contributed by atoms with Crippen LogP contribution in [0.5, 0.6) is 0 Å². The second-order valence-corrected chi connectivity index (χ2v) is 4.81. The number of alkyl halides is 3. The molecule has 2 unspecified atom stereocenters. The molecule has 132 valence electrons. The van der Waals surface area contributed by atoms with Gasteiger partial charge in [0.25, 0.3) is 0 Å². The Morgan fingerprint density at radius 1 is 1.30 bits per heavy atom. The summed E-state index contributed by atoms with van der Waals surface area (Å²) >= 11 is 0. The first kappa shape index (κ1) is 21.4. The molecule has 0 aliphatic rings. The van der Waals surface area contributed by atoms with Gasteiger partial charge in [0.05, 0.1) is 5.56 Å². The average molecular weight is 334 g/mol. The van der Waals surface area contributed by atoms with Crippen LogP contribution < -0.4 is 4.90 Å². The summed E-state index contributed by atoms with van der Waals surface area (Å²) in [5.74, 6) is -1.05. The molecule has 0 spiro atoms. The van der Waals surface area contributed by atoms with Crippen LogP contribution in [-0.2, 0) is 11.0 Å². The lowest BCUT2D eigenvalue weighted by atomic mass is 10.1. The van der Waals surface area contributed by atoms with Gasteiger partial charge in [-0.2, -0.15) is 13.2 Å². The number of carbonyl (C=O) groups is 1. The maximum atomic E-state index is 12.7. The molecule has 2 atom stereocenters. The number of anilines is 1. The van der Waals surface area contributed by atoms with Crippen LogP contribution in [0.1, 0.15) is 53.0 Å². The zero-order valence-corrected chi connectivity index (χ0v) is 14.2. The lowest BCUT2D eigenvalue weighted by Crippen LogP contribution is -2.43. The molecule has 0 aliphatic carbocycles. The molecular weight excluding hydrogens is 309 g/mol. The summed E-state index contributed by atoms with van der Waals surface area (Å²) in [6.07, 6.45) is -4.04. The van der Waals surface area contributed by atoms with Gasteiger partial charge in [0.15, 0.2) is 0 Å². The van der Waals surface area contributed by atoms with E-state index in [4.69, 9.17) is 0 Å². The Kier molecular flexibility index (Phi) is 8.82. The Bertz CT molecular complexity index is 492. The Labute approximate surface area is 135 Å². The number of pyridine rings is 1. The van der Waals surface area contributed by atoms with Crippen molar-refractivity contribution in [3.63, 3.8) is 0 Å². The molecule has 1 aromatic rings. The zero-order chi connectivity index (χ0) is 18.2. The van der Waals surface area contributed by atoms with E-state index in [1.807, 2.05) is 13.8 Å². The summed E-state index contributed by atoms with van der Waals surface area (Å²) in [7, 11) is 0. The molecule has 0 bridgehead atoms. The lowest BCUT2D eigenvalue weighted by molar-refractivity contribution is -0.137. The molecule has 23 heavy (non-hydrogen) atoms. The van der Waals surface area contributed by atoms with Gasteiger partial charge in [0.1, 0.15) is 12.0 Å². The minimum absolute atomic E-state index is 0.190. The SMILES string of the molecule is CC.CCC(C)C(=O)N(c1cc(C(F)(F)F)ccn1)C(O)CC. The minimum atomic E-state index is -4.53. The van der Waals surface area contributed by atoms with Crippen LogP contribution >= 0.6 is 0 Å². The second-order valence-electron chi connectivity index (χ2n) is 4.81. The number of halogens is 3. The zero-order valence-electron chi connectivity index (χ0n) is 14.2. The van der Waals surface area contributed by atoms with Crippen molar-refractivity contribution in [1.29, 1.82) is 0 Å². The van der Waals surface area contributed by atoms with E-state index < -0.39 is 29.8 Å². The fraction of sp³-hybridized carbons (Fsp3) is 0.625. The fourth-order valence-corrected chi connectivity index (χ4v) is 1.73. The molecule has 0 saturated carbocycles. The molecule has 4 nitrogen and oxygen atoms in total. The van der Waals surface area contributed by atoms with Gasteiger partial charge in [-0.25, -0.2) is 4.98 Å². The largest absolute Gasteiger partial charge is 0.416 e. The summed E-state index contributed by atoms with van der Waals surface area (Å²) in [5.41, 5.74) is -0.905. The van der Waals surface area contributed by atoms with Crippen LogP contribution in [-0.4, -0.2) is 22.2 Å². The van der Waals surface area contributed by atoms with Crippen LogP contribution in [0.2, 0.25) is 0 Å². The number of aromatic nitrogens is 1. The highest BCUT2D eigenvalue weighted by molar-refractivity contribution is 5.94. The maximum Gasteiger partial charge on any atom is 0.416 e. The van der Waals surface area contributed by atoms with Crippen molar-refractivity contribution < 1.29 is 23.1 Å².